The van der Waals surface area contributed by atoms with Crippen LogP contribution in [0, 0.1) is 11.8 Å². The Hall–Kier alpha value is -4.51. The lowest BCUT2D eigenvalue weighted by molar-refractivity contribution is -0.153. The Bertz CT molecular complexity index is 1390. The van der Waals surface area contributed by atoms with E-state index in [0.717, 1.165) is 0 Å². The number of alkyl halides is 2. The standard InChI is InChI=1S/C33H39F2N5O4/c1-22(2)29(39-28(41)21-40(32(44)37-3)20-25-16-10-11-17-38-25)30(42)26(18-23-12-6-4-7-13-23)31(43)33(34,35)19-27(36)24-14-8-5-9-15-24/h4-17,22,26-27,29H,18-21,36H2,1-3H3,(H,37,44)(H,39,41)/t26-,27?,29-/m0/s1. The summed E-state index contributed by atoms with van der Waals surface area (Å²) in [5.41, 5.74) is 7.52. The van der Waals surface area contributed by atoms with Gasteiger partial charge >= 0.3 is 12.0 Å². The summed E-state index contributed by atoms with van der Waals surface area (Å²) in [6.45, 7) is 2.85. The summed E-state index contributed by atoms with van der Waals surface area (Å²) in [5.74, 6) is -9.32. The molecule has 1 heterocycles. The second kappa shape index (κ2) is 15.8. The van der Waals surface area contributed by atoms with Crippen molar-refractivity contribution in [3.05, 3.63) is 102 Å². The highest BCUT2D eigenvalue weighted by molar-refractivity contribution is 6.08. The highest BCUT2D eigenvalue weighted by atomic mass is 19.3. The van der Waals surface area contributed by atoms with Gasteiger partial charge in [-0.15, -0.1) is 0 Å². The number of carbonyl (C=O) groups is 4. The Balaban J connectivity index is 1.84. The first-order valence-corrected chi connectivity index (χ1v) is 14.4. The molecule has 0 aliphatic rings. The molecule has 0 radical (unpaired) electrons. The van der Waals surface area contributed by atoms with Crippen LogP contribution in [0.3, 0.4) is 0 Å². The molecule has 0 saturated heterocycles. The predicted molar refractivity (Wildman–Crippen MR) is 162 cm³/mol. The van der Waals surface area contributed by atoms with E-state index in [4.69, 9.17) is 5.73 Å². The third kappa shape index (κ3) is 9.50. The van der Waals surface area contributed by atoms with Crippen LogP contribution >= 0.6 is 0 Å². The first-order valence-electron chi connectivity index (χ1n) is 14.4. The van der Waals surface area contributed by atoms with Crippen molar-refractivity contribution in [3.8, 4) is 0 Å². The number of nitrogens with one attached hydrogen (secondary N) is 2. The van der Waals surface area contributed by atoms with Gasteiger partial charge in [0.1, 0.15) is 6.54 Å². The zero-order valence-corrected chi connectivity index (χ0v) is 25.1. The molecule has 234 valence electrons. The number of pyridine rings is 1. The lowest BCUT2D eigenvalue weighted by Crippen LogP contribution is -2.54. The Labute approximate surface area is 256 Å². The first kappa shape index (κ1) is 34.0. The van der Waals surface area contributed by atoms with E-state index in [1.807, 2.05) is 0 Å². The van der Waals surface area contributed by atoms with Gasteiger partial charge in [-0.1, -0.05) is 80.6 Å². The Morgan fingerprint density at radius 3 is 2.11 bits per heavy atom. The fraction of sp³-hybridized carbons (Fsp3) is 0.364. The zero-order valence-electron chi connectivity index (χ0n) is 25.1. The van der Waals surface area contributed by atoms with Gasteiger partial charge in [0.25, 0.3) is 0 Å². The van der Waals surface area contributed by atoms with E-state index in [1.165, 1.54) is 11.9 Å². The van der Waals surface area contributed by atoms with Gasteiger partial charge in [-0.3, -0.25) is 19.4 Å². The topological polar surface area (TPSA) is 134 Å². The second-order valence-electron chi connectivity index (χ2n) is 11.0. The van der Waals surface area contributed by atoms with Crippen molar-refractivity contribution in [2.75, 3.05) is 13.6 Å². The molecule has 0 aliphatic heterocycles. The van der Waals surface area contributed by atoms with Crippen LogP contribution in [0.5, 0.6) is 0 Å². The highest BCUT2D eigenvalue weighted by Crippen LogP contribution is 2.32. The smallest absolute Gasteiger partial charge is 0.317 e. The van der Waals surface area contributed by atoms with Gasteiger partial charge in [-0.2, -0.15) is 8.78 Å². The van der Waals surface area contributed by atoms with Gasteiger partial charge in [-0.05, 0) is 35.6 Å². The van der Waals surface area contributed by atoms with E-state index < -0.39 is 66.3 Å². The Morgan fingerprint density at radius 2 is 1.55 bits per heavy atom. The molecule has 11 heteroatoms. The fourth-order valence-electron chi connectivity index (χ4n) is 4.84. The number of urea groups is 1. The zero-order chi connectivity index (χ0) is 32.3. The number of nitrogens with zero attached hydrogens (tertiary/aromatic N) is 2. The molecular formula is C33H39F2N5O4. The predicted octanol–water partition coefficient (Wildman–Crippen LogP) is 4.09. The van der Waals surface area contributed by atoms with Gasteiger partial charge in [0.05, 0.1) is 24.2 Å². The van der Waals surface area contributed by atoms with E-state index >= 15 is 8.78 Å². The molecule has 3 amide bonds. The van der Waals surface area contributed by atoms with Crippen LogP contribution in [-0.4, -0.2) is 58.9 Å². The number of Topliss-reactive ketones (excluding diaryl/α,β-unsaturated/α-hetero) is 2. The number of hydrogen-bond acceptors (Lipinski definition) is 6. The maximum Gasteiger partial charge on any atom is 0.317 e. The van der Waals surface area contributed by atoms with E-state index in [0.29, 0.717) is 16.8 Å². The van der Waals surface area contributed by atoms with Crippen molar-refractivity contribution in [3.63, 3.8) is 0 Å². The average molecular weight is 608 g/mol. The van der Waals surface area contributed by atoms with Gasteiger partial charge in [-0.25, -0.2) is 4.79 Å². The molecule has 2 aromatic carbocycles. The summed E-state index contributed by atoms with van der Waals surface area (Å²) >= 11 is 0. The summed E-state index contributed by atoms with van der Waals surface area (Å²) in [6.07, 6.45) is 0.289. The second-order valence-corrected chi connectivity index (χ2v) is 11.0. The van der Waals surface area contributed by atoms with E-state index in [9.17, 15) is 19.2 Å². The molecule has 0 bridgehead atoms. The van der Waals surface area contributed by atoms with E-state index in [2.05, 4.69) is 15.6 Å². The minimum Gasteiger partial charge on any atom is -0.344 e. The Kier molecular flexibility index (Phi) is 12.2. The van der Waals surface area contributed by atoms with Crippen molar-refractivity contribution in [2.24, 2.45) is 17.6 Å². The summed E-state index contributed by atoms with van der Waals surface area (Å²) in [6, 6.07) is 18.8. The maximum atomic E-state index is 15.6. The van der Waals surface area contributed by atoms with Crippen LogP contribution in [0.2, 0.25) is 0 Å². The monoisotopic (exact) mass is 607 g/mol. The number of benzene rings is 2. The number of ketones is 2. The lowest BCUT2D eigenvalue weighted by atomic mass is 9.81. The van der Waals surface area contributed by atoms with Crippen molar-refractivity contribution < 1.29 is 28.0 Å². The third-order valence-corrected chi connectivity index (χ3v) is 7.21. The molecule has 0 fully saturated rings. The maximum absolute atomic E-state index is 15.6. The van der Waals surface area contributed by atoms with Crippen LogP contribution in [0.1, 0.15) is 43.1 Å². The average Bonchev–Trinajstić information content (AvgIpc) is 3.02. The van der Waals surface area contributed by atoms with Crippen LogP contribution in [-0.2, 0) is 27.3 Å². The molecule has 4 N–H and O–H groups in total. The van der Waals surface area contributed by atoms with Crippen molar-refractivity contribution in [1.29, 1.82) is 0 Å². The molecule has 0 spiro atoms. The number of nitrogens with two attached hydrogens (primary N) is 1. The fourth-order valence-corrected chi connectivity index (χ4v) is 4.84. The lowest BCUT2D eigenvalue weighted by Gasteiger charge is -2.29. The molecule has 3 rings (SSSR count). The Morgan fingerprint density at radius 1 is 0.932 bits per heavy atom. The van der Waals surface area contributed by atoms with Crippen LogP contribution in [0.25, 0.3) is 0 Å². The summed E-state index contributed by atoms with van der Waals surface area (Å²) in [5, 5.41) is 5.07. The normalized spacial score (nSPS) is 13.4. The van der Waals surface area contributed by atoms with Gasteiger partial charge in [0.2, 0.25) is 11.7 Å². The third-order valence-electron chi connectivity index (χ3n) is 7.21. The minimum atomic E-state index is -3.92. The van der Waals surface area contributed by atoms with Gasteiger partial charge in [0.15, 0.2) is 5.78 Å². The highest BCUT2D eigenvalue weighted by Gasteiger charge is 2.48. The molecule has 3 atom stereocenters. The van der Waals surface area contributed by atoms with Crippen molar-refractivity contribution in [1.82, 2.24) is 20.5 Å². The number of halogens is 2. The number of carbonyl (C=O) groups excluding carboxylic acids is 4. The summed E-state index contributed by atoms with van der Waals surface area (Å²) in [4.78, 5) is 58.5. The molecule has 0 aliphatic carbocycles. The summed E-state index contributed by atoms with van der Waals surface area (Å²) < 4.78 is 31.1. The minimum absolute atomic E-state index is 0.0111. The number of aromatic nitrogens is 1. The molecule has 44 heavy (non-hydrogen) atoms. The van der Waals surface area contributed by atoms with Crippen molar-refractivity contribution in [2.45, 2.75) is 51.2 Å². The molecule has 3 aromatic rings. The number of amides is 3. The molecule has 1 aromatic heterocycles. The van der Waals surface area contributed by atoms with Crippen LogP contribution < -0.4 is 16.4 Å². The van der Waals surface area contributed by atoms with Gasteiger partial charge in [0, 0.05) is 25.7 Å². The molecule has 1 unspecified atom stereocenters. The SMILES string of the molecule is CNC(=O)N(CC(=O)N[C@H](C(=O)[C@H](Cc1ccccc1)C(=O)C(F)(F)CC(N)c1ccccc1)C(C)C)Cc1ccccn1. The summed E-state index contributed by atoms with van der Waals surface area (Å²) in [7, 11) is 1.41. The van der Waals surface area contributed by atoms with E-state index in [1.54, 1.807) is 98.9 Å². The quantitative estimate of drug-likeness (QED) is 0.223. The van der Waals surface area contributed by atoms with Crippen LogP contribution in [0.15, 0.2) is 85.1 Å². The van der Waals surface area contributed by atoms with Crippen molar-refractivity contribution >= 4 is 23.5 Å². The number of hydrogen-bond donors (Lipinski definition) is 3. The number of rotatable bonds is 15. The van der Waals surface area contributed by atoms with Gasteiger partial charge < -0.3 is 21.3 Å². The molecule has 0 saturated carbocycles. The van der Waals surface area contributed by atoms with Crippen LogP contribution in [0.4, 0.5) is 13.6 Å². The largest absolute Gasteiger partial charge is 0.344 e. The molecular weight excluding hydrogens is 568 g/mol. The first-order chi connectivity index (χ1) is 20.9. The molecule has 9 nitrogen and oxygen atoms in total. The van der Waals surface area contributed by atoms with E-state index in [-0.39, 0.29) is 13.0 Å².